The Balaban J connectivity index is 3.72. The SMILES string of the molecule is CC(/C=N/[O-])=NCCCN=C(C)/C=N/[O-]. The second kappa shape index (κ2) is 8.86. The predicted octanol–water partition coefficient (Wildman–Crippen LogP) is 1.44. The molecule has 0 aromatic heterocycles. The smallest absolute Gasteiger partial charge is 0.0491 e. The summed E-state index contributed by atoms with van der Waals surface area (Å²) >= 11 is 0. The lowest BCUT2D eigenvalue weighted by atomic mass is 10.4. The molecule has 0 heterocycles. The molecule has 0 aromatic carbocycles. The molecule has 0 atom stereocenters. The zero-order valence-corrected chi connectivity index (χ0v) is 8.88. The second-order valence-corrected chi connectivity index (χ2v) is 2.87. The van der Waals surface area contributed by atoms with E-state index in [0.29, 0.717) is 24.5 Å². The Labute approximate surface area is 88.7 Å². The van der Waals surface area contributed by atoms with Crippen molar-refractivity contribution >= 4 is 23.9 Å². The molecule has 0 N–H and O–H groups in total. The fourth-order valence-corrected chi connectivity index (χ4v) is 0.816. The minimum Gasteiger partial charge on any atom is -0.792 e. The molecule has 0 aromatic rings. The van der Waals surface area contributed by atoms with Gasteiger partial charge >= 0.3 is 0 Å². The molecule has 0 bridgehead atoms. The van der Waals surface area contributed by atoms with Crippen LogP contribution in [0.25, 0.3) is 0 Å². The summed E-state index contributed by atoms with van der Waals surface area (Å²) in [5.74, 6) is 0. The quantitative estimate of drug-likeness (QED) is 0.376. The standard InChI is InChI=1S/C9H16N4O2/c1-8(6-12-14)10-4-3-5-11-9(2)7-13-15/h6-7,14-15H,3-5H2,1-2H3/p-2/b10-8?,11-9?,12-6+,13-7+. The molecule has 0 saturated heterocycles. The summed E-state index contributed by atoms with van der Waals surface area (Å²) in [5, 5.41) is 24.8. The Bertz CT molecular complexity index is 254. The predicted molar refractivity (Wildman–Crippen MR) is 64.3 cm³/mol. The summed E-state index contributed by atoms with van der Waals surface area (Å²) in [7, 11) is 0. The molecule has 0 saturated carbocycles. The molecule has 0 aliphatic heterocycles. The average molecular weight is 210 g/mol. The Morgan fingerprint density at radius 1 is 0.933 bits per heavy atom. The van der Waals surface area contributed by atoms with Gasteiger partial charge in [-0.2, -0.15) is 0 Å². The highest BCUT2D eigenvalue weighted by molar-refractivity contribution is 6.29. The molecule has 0 radical (unpaired) electrons. The maximum absolute atomic E-state index is 9.81. The Morgan fingerprint density at radius 3 is 1.67 bits per heavy atom. The van der Waals surface area contributed by atoms with Crippen molar-refractivity contribution in [3.05, 3.63) is 10.4 Å². The van der Waals surface area contributed by atoms with Crippen LogP contribution in [-0.2, 0) is 0 Å². The zero-order valence-electron chi connectivity index (χ0n) is 8.88. The van der Waals surface area contributed by atoms with E-state index in [9.17, 15) is 10.4 Å². The first-order chi connectivity index (χ1) is 7.20. The van der Waals surface area contributed by atoms with Crippen molar-refractivity contribution in [2.75, 3.05) is 13.1 Å². The van der Waals surface area contributed by atoms with Gasteiger partial charge in [-0.05, 0) is 20.3 Å². The Kier molecular flexibility index (Phi) is 7.84. The van der Waals surface area contributed by atoms with Gasteiger partial charge in [-0.15, -0.1) is 0 Å². The number of rotatable bonds is 6. The summed E-state index contributed by atoms with van der Waals surface area (Å²) in [4.78, 5) is 8.12. The van der Waals surface area contributed by atoms with Gasteiger partial charge in [-0.1, -0.05) is 0 Å². The largest absolute Gasteiger partial charge is 0.792 e. The van der Waals surface area contributed by atoms with Crippen molar-refractivity contribution < 1.29 is 0 Å². The molecule has 15 heavy (non-hydrogen) atoms. The van der Waals surface area contributed by atoms with Crippen LogP contribution in [0.5, 0.6) is 0 Å². The fraction of sp³-hybridized carbons (Fsp3) is 0.556. The van der Waals surface area contributed by atoms with Crippen molar-refractivity contribution in [2.45, 2.75) is 20.3 Å². The molecule has 0 aliphatic carbocycles. The van der Waals surface area contributed by atoms with E-state index in [2.05, 4.69) is 20.3 Å². The average Bonchev–Trinajstić information content (AvgIpc) is 2.18. The first kappa shape index (κ1) is 13.3. The van der Waals surface area contributed by atoms with Gasteiger partial charge in [-0.3, -0.25) is 9.98 Å². The van der Waals surface area contributed by atoms with Crippen molar-refractivity contribution in [1.82, 2.24) is 0 Å². The maximum atomic E-state index is 9.81. The number of nitrogens with zero attached hydrogens (tertiary/aromatic N) is 4. The van der Waals surface area contributed by atoms with E-state index in [1.165, 1.54) is 12.4 Å². The van der Waals surface area contributed by atoms with E-state index >= 15 is 0 Å². The second-order valence-electron chi connectivity index (χ2n) is 2.87. The van der Waals surface area contributed by atoms with Crippen LogP contribution in [0, 0.1) is 10.4 Å². The molecule has 0 spiro atoms. The van der Waals surface area contributed by atoms with E-state index in [4.69, 9.17) is 0 Å². The van der Waals surface area contributed by atoms with Gasteiger partial charge in [0.05, 0.1) is 0 Å². The van der Waals surface area contributed by atoms with Gasteiger partial charge in [0.2, 0.25) is 0 Å². The third-order valence-corrected chi connectivity index (χ3v) is 1.52. The Hall–Kier alpha value is -1.72. The molecule has 84 valence electrons. The molecule has 0 aliphatic rings. The van der Waals surface area contributed by atoms with Crippen LogP contribution in [0.3, 0.4) is 0 Å². The van der Waals surface area contributed by atoms with Crippen molar-refractivity contribution in [1.29, 1.82) is 0 Å². The summed E-state index contributed by atoms with van der Waals surface area (Å²) in [6.07, 6.45) is 3.09. The monoisotopic (exact) mass is 210 g/mol. The first-order valence-electron chi connectivity index (χ1n) is 4.54. The van der Waals surface area contributed by atoms with Crippen LogP contribution >= 0.6 is 0 Å². The van der Waals surface area contributed by atoms with E-state index < -0.39 is 0 Å². The molecule has 0 amide bonds. The lowest BCUT2D eigenvalue weighted by Gasteiger charge is -1.96. The molecular formula is C9H14N4O2-2. The Morgan fingerprint density at radius 2 is 1.33 bits per heavy atom. The summed E-state index contributed by atoms with van der Waals surface area (Å²) in [5.41, 5.74) is 1.21. The highest BCUT2D eigenvalue weighted by Gasteiger charge is 1.86. The lowest BCUT2D eigenvalue weighted by Crippen LogP contribution is -1.98. The van der Waals surface area contributed by atoms with Gasteiger partial charge in [0.25, 0.3) is 0 Å². The first-order valence-corrected chi connectivity index (χ1v) is 4.54. The van der Waals surface area contributed by atoms with E-state index in [0.717, 1.165) is 6.42 Å². The maximum Gasteiger partial charge on any atom is 0.0491 e. The van der Waals surface area contributed by atoms with Crippen LogP contribution in [0.1, 0.15) is 20.3 Å². The van der Waals surface area contributed by atoms with Crippen molar-refractivity contribution in [3.63, 3.8) is 0 Å². The number of aliphatic imine (C=N–C) groups is 2. The van der Waals surface area contributed by atoms with Crippen LogP contribution in [0.4, 0.5) is 0 Å². The van der Waals surface area contributed by atoms with Gasteiger partial charge < -0.3 is 20.7 Å². The minimum atomic E-state index is 0.586. The molecule has 6 heteroatoms. The van der Waals surface area contributed by atoms with E-state index in [-0.39, 0.29) is 0 Å². The summed E-state index contributed by atoms with van der Waals surface area (Å²) < 4.78 is 0. The molecule has 0 unspecified atom stereocenters. The molecule has 0 rings (SSSR count). The van der Waals surface area contributed by atoms with E-state index in [1.807, 2.05) is 0 Å². The van der Waals surface area contributed by atoms with Crippen LogP contribution in [0.2, 0.25) is 0 Å². The van der Waals surface area contributed by atoms with Crippen LogP contribution < -0.4 is 0 Å². The van der Waals surface area contributed by atoms with Crippen LogP contribution in [-0.4, -0.2) is 36.9 Å². The number of hydrogen-bond donors (Lipinski definition) is 0. The van der Waals surface area contributed by atoms with Crippen molar-refractivity contribution in [2.24, 2.45) is 20.3 Å². The minimum absolute atomic E-state index is 0.586. The zero-order chi connectivity index (χ0) is 11.5. The van der Waals surface area contributed by atoms with Gasteiger partial charge in [-0.25, -0.2) is 0 Å². The molecular weight excluding hydrogens is 196 g/mol. The normalized spacial score (nSPS) is 14.3. The highest BCUT2D eigenvalue weighted by Crippen LogP contribution is 1.86. The third-order valence-electron chi connectivity index (χ3n) is 1.52. The summed E-state index contributed by atoms with van der Waals surface area (Å²) in [6.45, 7) is 4.59. The van der Waals surface area contributed by atoms with Gasteiger partial charge in [0.1, 0.15) is 0 Å². The highest BCUT2D eigenvalue weighted by atomic mass is 16.4. The van der Waals surface area contributed by atoms with E-state index in [1.54, 1.807) is 13.8 Å². The number of hydrogen-bond acceptors (Lipinski definition) is 6. The van der Waals surface area contributed by atoms with Gasteiger partial charge in [0.15, 0.2) is 0 Å². The van der Waals surface area contributed by atoms with Crippen molar-refractivity contribution in [3.8, 4) is 0 Å². The molecule has 0 fully saturated rings. The third kappa shape index (κ3) is 8.61. The molecule has 6 nitrogen and oxygen atoms in total. The summed E-state index contributed by atoms with van der Waals surface area (Å²) in [6, 6.07) is 0. The fourth-order valence-electron chi connectivity index (χ4n) is 0.816. The lowest BCUT2D eigenvalue weighted by molar-refractivity contribution is 0.847. The van der Waals surface area contributed by atoms with Gasteiger partial charge in [0, 0.05) is 36.9 Å². The van der Waals surface area contributed by atoms with Crippen LogP contribution in [0.15, 0.2) is 20.3 Å². The topological polar surface area (TPSA) is 95.6 Å².